The van der Waals surface area contributed by atoms with Crippen LogP contribution < -0.4 is 15.1 Å². The zero-order chi connectivity index (χ0) is 17.6. The van der Waals surface area contributed by atoms with Crippen molar-refractivity contribution >= 4 is 42.5 Å². The fraction of sp³-hybridized carbons (Fsp3) is 0.706. The number of piperazine rings is 2. The van der Waals surface area contributed by atoms with Crippen LogP contribution in [0.2, 0.25) is 0 Å². The molecule has 27 heavy (non-hydrogen) atoms. The molecule has 2 saturated heterocycles. The van der Waals surface area contributed by atoms with Crippen molar-refractivity contribution < 1.29 is 4.79 Å². The molecule has 0 bridgehead atoms. The van der Waals surface area contributed by atoms with Gasteiger partial charge < -0.3 is 20.0 Å². The highest BCUT2D eigenvalue weighted by Gasteiger charge is 2.21. The summed E-state index contributed by atoms with van der Waals surface area (Å²) in [5, 5.41) is 3.28. The third kappa shape index (κ3) is 6.64. The predicted octanol–water partition coefficient (Wildman–Crippen LogP) is 0.330. The largest absolute Gasteiger partial charge is 0.354 e. The van der Waals surface area contributed by atoms with Gasteiger partial charge in [-0.15, -0.1) is 24.8 Å². The van der Waals surface area contributed by atoms with E-state index >= 15 is 0 Å². The Morgan fingerprint density at radius 3 is 2.41 bits per heavy atom. The quantitative estimate of drug-likeness (QED) is 0.737. The molecule has 0 atom stereocenters. The number of hydrogen-bond acceptors (Lipinski definition) is 7. The maximum atomic E-state index is 12.3. The van der Waals surface area contributed by atoms with Crippen molar-refractivity contribution in [3.8, 4) is 0 Å². The van der Waals surface area contributed by atoms with Gasteiger partial charge in [-0.05, 0) is 6.07 Å². The molecule has 1 aromatic rings. The second-order valence-electron chi connectivity index (χ2n) is 6.82. The van der Waals surface area contributed by atoms with Crippen LogP contribution in [-0.2, 0) is 4.79 Å². The SMILES string of the molecule is CN(C)c1nccc(N2CCN(CCC(=O)N3CCNCC3)CC2)n1.Cl.Cl. The topological polar surface area (TPSA) is 67.8 Å². The highest BCUT2D eigenvalue weighted by Crippen LogP contribution is 2.16. The molecule has 154 valence electrons. The number of carbonyl (C=O) groups is 1. The molecule has 2 aliphatic heterocycles. The number of amides is 1. The van der Waals surface area contributed by atoms with E-state index in [4.69, 9.17) is 0 Å². The van der Waals surface area contributed by atoms with Gasteiger partial charge in [0.25, 0.3) is 0 Å². The van der Waals surface area contributed by atoms with E-state index in [1.165, 1.54) is 0 Å². The summed E-state index contributed by atoms with van der Waals surface area (Å²) in [6, 6.07) is 1.97. The molecule has 1 N–H and O–H groups in total. The molecule has 0 saturated carbocycles. The molecule has 8 nitrogen and oxygen atoms in total. The van der Waals surface area contributed by atoms with Gasteiger partial charge >= 0.3 is 0 Å². The summed E-state index contributed by atoms with van der Waals surface area (Å²) >= 11 is 0. The standard InChI is InChI=1S/C17H29N7O.2ClH/c1-21(2)17-19-5-3-15(20-17)23-13-11-22(12-14-23)8-4-16(25)24-9-6-18-7-10-24;;/h3,5,18H,4,6-14H2,1-2H3;2*1H. The van der Waals surface area contributed by atoms with E-state index in [0.717, 1.165) is 70.7 Å². The molecule has 2 aliphatic rings. The Bertz CT molecular complexity index is 576. The lowest BCUT2D eigenvalue weighted by atomic mass is 10.2. The molecule has 1 aromatic heterocycles. The highest BCUT2D eigenvalue weighted by molar-refractivity contribution is 5.85. The van der Waals surface area contributed by atoms with E-state index in [1.807, 2.05) is 36.2 Å². The fourth-order valence-corrected chi connectivity index (χ4v) is 3.26. The molecule has 0 spiro atoms. The van der Waals surface area contributed by atoms with Crippen LogP contribution in [0.5, 0.6) is 0 Å². The van der Waals surface area contributed by atoms with Crippen LogP contribution in [0, 0.1) is 0 Å². The van der Waals surface area contributed by atoms with Crippen molar-refractivity contribution in [3.63, 3.8) is 0 Å². The summed E-state index contributed by atoms with van der Waals surface area (Å²) < 4.78 is 0. The van der Waals surface area contributed by atoms with E-state index in [-0.39, 0.29) is 30.7 Å². The van der Waals surface area contributed by atoms with Crippen LogP contribution in [-0.4, -0.2) is 98.7 Å². The predicted molar refractivity (Wildman–Crippen MR) is 114 cm³/mol. The van der Waals surface area contributed by atoms with Crippen LogP contribution in [0.25, 0.3) is 0 Å². The number of nitrogens with one attached hydrogen (secondary N) is 1. The van der Waals surface area contributed by atoms with Crippen LogP contribution in [0.1, 0.15) is 6.42 Å². The Morgan fingerprint density at radius 1 is 1.11 bits per heavy atom. The van der Waals surface area contributed by atoms with Gasteiger partial charge in [-0.2, -0.15) is 4.98 Å². The lowest BCUT2D eigenvalue weighted by Gasteiger charge is -2.36. The monoisotopic (exact) mass is 419 g/mol. The number of aromatic nitrogens is 2. The van der Waals surface area contributed by atoms with Gasteiger partial charge in [0, 0.05) is 85.6 Å². The Hall–Kier alpha value is -1.35. The Balaban J connectivity index is 0.00000182. The van der Waals surface area contributed by atoms with Crippen LogP contribution in [0.15, 0.2) is 12.3 Å². The first-order chi connectivity index (χ1) is 12.1. The van der Waals surface area contributed by atoms with Gasteiger partial charge in [0.15, 0.2) is 0 Å². The highest BCUT2D eigenvalue weighted by atomic mass is 35.5. The molecular formula is C17H31Cl2N7O. The second kappa shape index (κ2) is 11.5. The second-order valence-corrected chi connectivity index (χ2v) is 6.82. The molecule has 10 heteroatoms. The fourth-order valence-electron chi connectivity index (χ4n) is 3.26. The normalized spacial score (nSPS) is 17.7. The van der Waals surface area contributed by atoms with Crippen molar-refractivity contribution in [3.05, 3.63) is 12.3 Å². The molecule has 0 aliphatic carbocycles. The maximum absolute atomic E-state index is 12.3. The minimum Gasteiger partial charge on any atom is -0.354 e. The Morgan fingerprint density at radius 2 is 1.78 bits per heavy atom. The number of halogens is 2. The van der Waals surface area contributed by atoms with Gasteiger partial charge in [0.2, 0.25) is 11.9 Å². The van der Waals surface area contributed by atoms with Gasteiger partial charge in [-0.25, -0.2) is 4.98 Å². The third-order valence-electron chi connectivity index (χ3n) is 4.84. The van der Waals surface area contributed by atoms with Crippen LogP contribution in [0.4, 0.5) is 11.8 Å². The van der Waals surface area contributed by atoms with E-state index in [1.54, 1.807) is 0 Å². The average Bonchev–Trinajstić information content (AvgIpc) is 2.67. The average molecular weight is 420 g/mol. The van der Waals surface area contributed by atoms with Gasteiger partial charge in [-0.1, -0.05) is 0 Å². The first-order valence-electron chi connectivity index (χ1n) is 9.09. The minimum atomic E-state index is 0. The third-order valence-corrected chi connectivity index (χ3v) is 4.84. The van der Waals surface area contributed by atoms with Crippen molar-refractivity contribution in [2.75, 3.05) is 82.8 Å². The number of carbonyl (C=O) groups excluding carboxylic acids is 1. The summed E-state index contributed by atoms with van der Waals surface area (Å²) in [6.07, 6.45) is 2.44. The van der Waals surface area contributed by atoms with E-state index in [2.05, 4.69) is 25.1 Å². The minimum absolute atomic E-state index is 0. The summed E-state index contributed by atoms with van der Waals surface area (Å²) in [5.74, 6) is 2.01. The van der Waals surface area contributed by atoms with Gasteiger partial charge in [0.05, 0.1) is 0 Å². The molecule has 2 fully saturated rings. The Labute approximate surface area is 174 Å². The molecule has 0 unspecified atom stereocenters. The molecule has 3 rings (SSSR count). The summed E-state index contributed by atoms with van der Waals surface area (Å²) in [7, 11) is 3.90. The van der Waals surface area contributed by atoms with Crippen LogP contribution >= 0.6 is 24.8 Å². The number of anilines is 2. The maximum Gasteiger partial charge on any atom is 0.226 e. The lowest BCUT2D eigenvalue weighted by molar-refractivity contribution is -0.132. The van der Waals surface area contributed by atoms with E-state index < -0.39 is 0 Å². The first-order valence-corrected chi connectivity index (χ1v) is 9.09. The molecule has 3 heterocycles. The smallest absolute Gasteiger partial charge is 0.226 e. The van der Waals surface area contributed by atoms with Gasteiger partial charge in [-0.3, -0.25) is 9.69 Å². The van der Waals surface area contributed by atoms with E-state index in [0.29, 0.717) is 6.42 Å². The van der Waals surface area contributed by atoms with Gasteiger partial charge in [0.1, 0.15) is 5.82 Å². The molecule has 0 radical (unpaired) electrons. The lowest BCUT2D eigenvalue weighted by Crippen LogP contribution is -2.49. The van der Waals surface area contributed by atoms with Crippen molar-refractivity contribution in [2.24, 2.45) is 0 Å². The summed E-state index contributed by atoms with van der Waals surface area (Å²) in [5.41, 5.74) is 0. The molecular weight excluding hydrogens is 389 g/mol. The molecule has 0 aromatic carbocycles. The van der Waals surface area contributed by atoms with Crippen molar-refractivity contribution in [2.45, 2.75) is 6.42 Å². The number of hydrogen-bond donors (Lipinski definition) is 1. The van der Waals surface area contributed by atoms with Crippen LogP contribution in [0.3, 0.4) is 0 Å². The van der Waals surface area contributed by atoms with Crippen molar-refractivity contribution in [1.29, 1.82) is 0 Å². The van der Waals surface area contributed by atoms with E-state index in [9.17, 15) is 4.79 Å². The zero-order valence-corrected chi connectivity index (χ0v) is 17.8. The summed E-state index contributed by atoms with van der Waals surface area (Å²) in [6.45, 7) is 8.17. The number of rotatable bonds is 5. The first kappa shape index (κ1) is 23.7. The number of nitrogens with zero attached hydrogens (tertiary/aromatic N) is 6. The zero-order valence-electron chi connectivity index (χ0n) is 16.1. The summed E-state index contributed by atoms with van der Waals surface area (Å²) in [4.78, 5) is 29.7. The molecule has 1 amide bonds. The Kier molecular flexibility index (Phi) is 10.1. The van der Waals surface area contributed by atoms with Crippen molar-refractivity contribution in [1.82, 2.24) is 25.1 Å².